The number of aromatic hydroxyl groups is 1. The molecule has 1 aromatic heterocycles. The molecule has 0 aliphatic heterocycles. The molecule has 3 aliphatic rings. The molecule has 0 spiro atoms. The highest BCUT2D eigenvalue weighted by Gasteiger charge is 2.54. The third-order valence-electron chi connectivity index (χ3n) is 7.59. The maximum atomic E-state index is 13.6. The largest absolute Gasteiger partial charge is 0.507 e. The maximum Gasteiger partial charge on any atom is 0.173 e. The van der Waals surface area contributed by atoms with E-state index < -0.39 is 40.9 Å². The van der Waals surface area contributed by atoms with Gasteiger partial charge in [-0.05, 0) is 66.2 Å². The minimum atomic E-state index is -1.40. The number of fused-ring (bicyclic) bond motifs is 3. The van der Waals surface area contributed by atoms with Crippen molar-refractivity contribution in [2.45, 2.75) is 46.0 Å². The van der Waals surface area contributed by atoms with Crippen LogP contribution in [0.5, 0.6) is 5.75 Å². The quantitative estimate of drug-likeness (QED) is 0.622. The van der Waals surface area contributed by atoms with Crippen LogP contribution in [0.4, 0.5) is 0 Å². The van der Waals surface area contributed by atoms with E-state index in [1.165, 1.54) is 18.3 Å². The fourth-order valence-corrected chi connectivity index (χ4v) is 6.87. The second-order valence-electron chi connectivity index (χ2n) is 9.97. The van der Waals surface area contributed by atoms with E-state index in [1.807, 2.05) is 37.4 Å². The van der Waals surface area contributed by atoms with Crippen molar-refractivity contribution in [2.24, 2.45) is 23.7 Å². The molecular weight excluding hydrogens is 452 g/mol. The Morgan fingerprint density at radius 1 is 1.15 bits per heavy atom. The summed E-state index contributed by atoms with van der Waals surface area (Å²) in [5.41, 5.74) is 2.80. The van der Waals surface area contributed by atoms with Gasteiger partial charge in [0, 0.05) is 22.4 Å². The highest BCUT2D eigenvalue weighted by molar-refractivity contribution is 7.13. The summed E-state index contributed by atoms with van der Waals surface area (Å²) in [5.74, 6) is -5.68. The molecular formula is C27H26O6S. The van der Waals surface area contributed by atoms with Crippen LogP contribution in [0.3, 0.4) is 0 Å². The van der Waals surface area contributed by atoms with Crippen LogP contribution >= 0.6 is 11.3 Å². The standard InChI is InChI=1S/C27H26O6S/c1-11(2)15-10-17(19-5-4-6-34-19)24(30)23-16(15)8-13-7-14-9-18(29)20(12(3)28)25(31)22(14)26(32)21(13)27(23)33/h4-6,10-11,13-14,20,22,30,33H,7-9H2,1-3H3. The van der Waals surface area contributed by atoms with Gasteiger partial charge in [0.1, 0.15) is 23.2 Å². The van der Waals surface area contributed by atoms with Gasteiger partial charge in [0.2, 0.25) is 0 Å². The van der Waals surface area contributed by atoms with E-state index in [1.54, 1.807) is 0 Å². The van der Waals surface area contributed by atoms with E-state index in [0.29, 0.717) is 18.4 Å². The van der Waals surface area contributed by atoms with Gasteiger partial charge in [0.05, 0.1) is 11.5 Å². The van der Waals surface area contributed by atoms with E-state index in [0.717, 1.165) is 16.0 Å². The number of ketones is 4. The Bertz CT molecular complexity index is 1280. The van der Waals surface area contributed by atoms with Gasteiger partial charge in [0.15, 0.2) is 17.3 Å². The Labute approximate surface area is 201 Å². The topological polar surface area (TPSA) is 109 Å². The molecule has 7 heteroatoms. The van der Waals surface area contributed by atoms with E-state index in [-0.39, 0.29) is 40.9 Å². The summed E-state index contributed by atoms with van der Waals surface area (Å²) >= 11 is 1.47. The fraction of sp³-hybridized carbons (Fsp3) is 0.407. The lowest BCUT2D eigenvalue weighted by Crippen LogP contribution is -2.51. The van der Waals surface area contributed by atoms with Gasteiger partial charge in [0.25, 0.3) is 0 Å². The predicted molar refractivity (Wildman–Crippen MR) is 128 cm³/mol. The molecule has 6 nitrogen and oxygen atoms in total. The van der Waals surface area contributed by atoms with Crippen LogP contribution in [0.2, 0.25) is 0 Å². The molecule has 5 rings (SSSR count). The zero-order valence-corrected chi connectivity index (χ0v) is 20.1. The smallest absolute Gasteiger partial charge is 0.173 e. The molecule has 2 aromatic rings. The zero-order valence-electron chi connectivity index (χ0n) is 19.3. The van der Waals surface area contributed by atoms with Crippen LogP contribution in [-0.2, 0) is 25.6 Å². The van der Waals surface area contributed by atoms with Crippen molar-refractivity contribution in [1.82, 2.24) is 0 Å². The second kappa shape index (κ2) is 8.01. The molecule has 4 unspecified atom stereocenters. The molecule has 2 N–H and O–H groups in total. The fourth-order valence-electron chi connectivity index (χ4n) is 6.13. The van der Waals surface area contributed by atoms with Crippen molar-refractivity contribution in [3.05, 3.63) is 45.8 Å². The van der Waals surface area contributed by atoms with Gasteiger partial charge in [-0.3, -0.25) is 19.2 Å². The van der Waals surface area contributed by atoms with Crippen molar-refractivity contribution >= 4 is 40.2 Å². The summed E-state index contributed by atoms with van der Waals surface area (Å²) in [6.07, 6.45) is 0.861. The number of thiophene rings is 1. The third-order valence-corrected chi connectivity index (χ3v) is 8.49. The average molecular weight is 479 g/mol. The first-order chi connectivity index (χ1) is 16.1. The van der Waals surface area contributed by atoms with E-state index in [9.17, 15) is 29.4 Å². The Morgan fingerprint density at radius 3 is 2.50 bits per heavy atom. The second-order valence-corrected chi connectivity index (χ2v) is 10.9. The summed E-state index contributed by atoms with van der Waals surface area (Å²) in [6.45, 7) is 5.29. The first-order valence-corrected chi connectivity index (χ1v) is 12.5. The van der Waals surface area contributed by atoms with Gasteiger partial charge in [-0.15, -0.1) is 11.3 Å². The molecule has 1 aromatic carbocycles. The molecule has 3 aliphatic carbocycles. The number of hydrogen-bond donors (Lipinski definition) is 2. The van der Waals surface area contributed by atoms with Crippen LogP contribution in [0.1, 0.15) is 56.2 Å². The number of hydrogen-bond acceptors (Lipinski definition) is 7. The van der Waals surface area contributed by atoms with Crippen LogP contribution in [0.25, 0.3) is 16.2 Å². The van der Waals surface area contributed by atoms with E-state index in [2.05, 4.69) is 0 Å². The van der Waals surface area contributed by atoms with Gasteiger partial charge >= 0.3 is 0 Å². The maximum absolute atomic E-state index is 13.6. The molecule has 1 heterocycles. The van der Waals surface area contributed by atoms with Gasteiger partial charge in [-0.25, -0.2) is 0 Å². The van der Waals surface area contributed by atoms with Crippen molar-refractivity contribution in [1.29, 1.82) is 0 Å². The number of allylic oxidation sites excluding steroid dienone is 1. The summed E-state index contributed by atoms with van der Waals surface area (Å²) in [6, 6.07) is 5.73. The van der Waals surface area contributed by atoms with Crippen molar-refractivity contribution in [2.75, 3.05) is 0 Å². The van der Waals surface area contributed by atoms with Gasteiger partial charge in [-0.1, -0.05) is 19.9 Å². The highest BCUT2D eigenvalue weighted by Crippen LogP contribution is 2.52. The number of aliphatic hydroxyl groups excluding tert-OH is 1. The lowest BCUT2D eigenvalue weighted by molar-refractivity contribution is -0.149. The summed E-state index contributed by atoms with van der Waals surface area (Å²) < 4.78 is 0. The van der Waals surface area contributed by atoms with Crippen LogP contribution in [-0.4, -0.2) is 33.3 Å². The molecule has 2 fully saturated rings. The SMILES string of the molecule is CC(=O)C1C(=O)CC2CC3Cc4c(C(C)C)cc(-c5cccs5)c(O)c4C(O)=C3C(=O)C2C1=O. The number of phenolic OH excluding ortho intramolecular Hbond substituents is 1. The molecule has 176 valence electrons. The van der Waals surface area contributed by atoms with Crippen molar-refractivity contribution < 1.29 is 29.4 Å². The first-order valence-electron chi connectivity index (χ1n) is 11.6. The Morgan fingerprint density at radius 2 is 1.88 bits per heavy atom. The lowest BCUT2D eigenvalue weighted by atomic mass is 9.58. The molecule has 4 atom stereocenters. The summed E-state index contributed by atoms with van der Waals surface area (Å²) in [5, 5.41) is 24.5. The molecule has 34 heavy (non-hydrogen) atoms. The number of phenols is 1. The lowest BCUT2D eigenvalue weighted by Gasteiger charge is -2.42. The number of rotatable bonds is 3. The highest BCUT2D eigenvalue weighted by atomic mass is 32.1. The molecule has 0 saturated heterocycles. The van der Waals surface area contributed by atoms with Gasteiger partial charge < -0.3 is 10.2 Å². The number of aliphatic hydroxyl groups is 1. The Kier molecular flexibility index (Phi) is 5.35. The Balaban J connectivity index is 1.68. The van der Waals surface area contributed by atoms with Crippen LogP contribution < -0.4 is 0 Å². The molecule has 2 saturated carbocycles. The Hall–Kier alpha value is -3.06. The number of Topliss-reactive ketones (excluding diaryl/α,β-unsaturated/α-hetero) is 4. The predicted octanol–water partition coefficient (Wildman–Crippen LogP) is 4.64. The summed E-state index contributed by atoms with van der Waals surface area (Å²) in [4.78, 5) is 52.0. The molecule has 0 radical (unpaired) electrons. The first kappa shape index (κ1) is 22.7. The van der Waals surface area contributed by atoms with E-state index in [4.69, 9.17) is 0 Å². The summed E-state index contributed by atoms with van der Waals surface area (Å²) in [7, 11) is 0. The molecule has 0 amide bonds. The van der Waals surface area contributed by atoms with Crippen molar-refractivity contribution in [3.8, 4) is 16.2 Å². The minimum absolute atomic E-state index is 0.0173. The average Bonchev–Trinajstić information content (AvgIpc) is 3.27. The van der Waals surface area contributed by atoms with Crippen LogP contribution in [0, 0.1) is 23.7 Å². The normalized spacial score (nSPS) is 26.4. The van der Waals surface area contributed by atoms with E-state index >= 15 is 0 Å². The third kappa shape index (κ3) is 3.21. The number of carbonyl (C=O) groups excluding carboxylic acids is 4. The van der Waals surface area contributed by atoms with Gasteiger partial charge in [-0.2, -0.15) is 0 Å². The van der Waals surface area contributed by atoms with Crippen LogP contribution in [0.15, 0.2) is 29.2 Å². The number of benzene rings is 1. The zero-order chi connectivity index (χ0) is 24.5. The minimum Gasteiger partial charge on any atom is -0.507 e. The monoisotopic (exact) mass is 478 g/mol. The number of carbonyl (C=O) groups is 4. The van der Waals surface area contributed by atoms with Crippen molar-refractivity contribution in [3.63, 3.8) is 0 Å². The molecule has 0 bridgehead atoms.